The highest BCUT2D eigenvalue weighted by Gasteiger charge is 2.34. The molecule has 1 atom stereocenters. The highest BCUT2D eigenvalue weighted by atomic mass is 32.1. The first kappa shape index (κ1) is 16.6. The Kier molecular flexibility index (Phi) is 4.65. The van der Waals surface area contributed by atoms with Crippen molar-refractivity contribution in [3.8, 4) is 5.88 Å². The Balaban J connectivity index is 2.27. The van der Waals surface area contributed by atoms with Crippen molar-refractivity contribution in [3.63, 3.8) is 0 Å². The number of hydrogen-bond donors (Lipinski definition) is 2. The van der Waals surface area contributed by atoms with E-state index in [1.54, 1.807) is 13.0 Å². The molecule has 0 spiro atoms. The number of rotatable bonds is 4. The molecule has 0 unspecified atom stereocenters. The van der Waals surface area contributed by atoms with Gasteiger partial charge in [-0.1, -0.05) is 43.4 Å². The van der Waals surface area contributed by atoms with Crippen LogP contribution in [0.3, 0.4) is 0 Å². The molecule has 7 heteroatoms. The van der Waals surface area contributed by atoms with E-state index in [9.17, 15) is 18.3 Å². The Hall–Kier alpha value is -1.76. The van der Waals surface area contributed by atoms with Crippen molar-refractivity contribution in [1.29, 1.82) is 0 Å². The molecule has 22 heavy (non-hydrogen) atoms. The number of aromatic nitrogens is 1. The number of nitrogens with one attached hydrogen (secondary N) is 1. The van der Waals surface area contributed by atoms with Gasteiger partial charge in [-0.05, 0) is 24.5 Å². The molecule has 3 nitrogen and oxygen atoms in total. The van der Waals surface area contributed by atoms with Crippen LogP contribution >= 0.6 is 11.3 Å². The Morgan fingerprint density at radius 2 is 1.82 bits per heavy atom. The van der Waals surface area contributed by atoms with Crippen molar-refractivity contribution in [3.05, 3.63) is 40.3 Å². The average molecular weight is 330 g/mol. The molecule has 0 amide bonds. The van der Waals surface area contributed by atoms with Gasteiger partial charge in [0.25, 0.3) is 0 Å². The molecular formula is C15H17F3N2OS. The molecular weight excluding hydrogens is 313 g/mol. The van der Waals surface area contributed by atoms with Gasteiger partial charge in [0, 0.05) is 0 Å². The molecule has 0 saturated heterocycles. The smallest absolute Gasteiger partial charge is 0.416 e. The average Bonchev–Trinajstić information content (AvgIpc) is 2.78. The topological polar surface area (TPSA) is 45.2 Å². The summed E-state index contributed by atoms with van der Waals surface area (Å²) in [5.41, 5.74) is -0.518. The number of aromatic hydroxyl groups is 1. The van der Waals surface area contributed by atoms with Gasteiger partial charge in [-0.2, -0.15) is 18.2 Å². The van der Waals surface area contributed by atoms with Crippen LogP contribution in [0.4, 0.5) is 18.3 Å². The Morgan fingerprint density at radius 3 is 2.36 bits per heavy atom. The van der Waals surface area contributed by atoms with E-state index in [4.69, 9.17) is 0 Å². The van der Waals surface area contributed by atoms with Gasteiger partial charge in [-0.25, -0.2) is 0 Å². The van der Waals surface area contributed by atoms with E-state index in [0.717, 1.165) is 6.07 Å². The predicted octanol–water partition coefficient (Wildman–Crippen LogP) is 5.16. The zero-order valence-electron chi connectivity index (χ0n) is 12.4. The molecule has 0 aliphatic carbocycles. The fourth-order valence-corrected chi connectivity index (χ4v) is 3.11. The van der Waals surface area contributed by atoms with E-state index in [-0.39, 0.29) is 17.4 Å². The fraction of sp³-hybridized carbons (Fsp3) is 0.400. The van der Waals surface area contributed by atoms with Gasteiger partial charge < -0.3 is 10.4 Å². The van der Waals surface area contributed by atoms with Gasteiger partial charge >= 0.3 is 6.18 Å². The molecule has 0 fully saturated rings. The first-order valence-electron chi connectivity index (χ1n) is 6.82. The summed E-state index contributed by atoms with van der Waals surface area (Å²) in [5.74, 6) is 0.0321. The largest absolute Gasteiger partial charge is 0.492 e. The first-order valence-corrected chi connectivity index (χ1v) is 7.64. The molecule has 0 aliphatic heterocycles. The van der Waals surface area contributed by atoms with Gasteiger partial charge in [0.2, 0.25) is 5.88 Å². The molecule has 2 rings (SSSR count). The molecule has 0 bridgehead atoms. The summed E-state index contributed by atoms with van der Waals surface area (Å²) in [6, 6.07) is 4.86. The number of hydrogen-bond acceptors (Lipinski definition) is 4. The van der Waals surface area contributed by atoms with Crippen LogP contribution in [0.1, 0.15) is 48.7 Å². The van der Waals surface area contributed by atoms with E-state index in [1.807, 2.05) is 13.8 Å². The third kappa shape index (κ3) is 3.52. The summed E-state index contributed by atoms with van der Waals surface area (Å²) in [7, 11) is 0. The zero-order valence-corrected chi connectivity index (χ0v) is 13.2. The number of anilines is 1. The SMILES string of the molecule is CC(C)c1sc(N[C@H](C)c2ccccc2C(F)(F)F)nc1O. The lowest BCUT2D eigenvalue weighted by Gasteiger charge is -2.19. The van der Waals surface area contributed by atoms with E-state index in [1.165, 1.54) is 23.5 Å². The van der Waals surface area contributed by atoms with Crippen molar-refractivity contribution in [2.75, 3.05) is 5.32 Å². The van der Waals surface area contributed by atoms with Gasteiger partial charge in [-0.3, -0.25) is 0 Å². The van der Waals surface area contributed by atoms with Crippen LogP contribution in [0.5, 0.6) is 5.88 Å². The molecule has 1 heterocycles. The van der Waals surface area contributed by atoms with Gasteiger partial charge in [0.05, 0.1) is 16.5 Å². The van der Waals surface area contributed by atoms with Crippen molar-refractivity contribution in [2.45, 2.75) is 38.9 Å². The molecule has 120 valence electrons. The summed E-state index contributed by atoms with van der Waals surface area (Å²) in [6.45, 7) is 5.47. The third-order valence-electron chi connectivity index (χ3n) is 3.23. The standard InChI is InChI=1S/C15H17F3N2OS/c1-8(2)12-13(21)20-14(22-12)19-9(3)10-6-4-5-7-11(10)15(16,17)18/h4-9,21H,1-3H3,(H,19,20)/t9-/m1/s1. The van der Waals surface area contributed by atoms with Gasteiger partial charge in [0.1, 0.15) is 0 Å². The summed E-state index contributed by atoms with van der Waals surface area (Å²) < 4.78 is 39.1. The monoisotopic (exact) mass is 330 g/mol. The van der Waals surface area contributed by atoms with Gasteiger partial charge in [0.15, 0.2) is 5.13 Å². The number of benzene rings is 1. The normalized spacial score (nSPS) is 13.4. The second-order valence-corrected chi connectivity index (χ2v) is 6.34. The Labute approximate surface area is 130 Å². The fourth-order valence-electron chi connectivity index (χ4n) is 2.16. The van der Waals surface area contributed by atoms with Crippen LogP contribution in [-0.4, -0.2) is 10.1 Å². The minimum atomic E-state index is -4.40. The van der Waals surface area contributed by atoms with Crippen molar-refractivity contribution in [1.82, 2.24) is 4.98 Å². The van der Waals surface area contributed by atoms with Crippen LogP contribution in [0.25, 0.3) is 0 Å². The van der Waals surface area contributed by atoms with Crippen LogP contribution < -0.4 is 5.32 Å². The molecule has 1 aromatic carbocycles. The predicted molar refractivity (Wildman–Crippen MR) is 81.3 cm³/mol. The maximum absolute atomic E-state index is 13.0. The van der Waals surface area contributed by atoms with E-state index in [2.05, 4.69) is 10.3 Å². The number of alkyl halides is 3. The zero-order chi connectivity index (χ0) is 16.5. The number of halogens is 3. The van der Waals surface area contributed by atoms with Crippen molar-refractivity contribution in [2.24, 2.45) is 0 Å². The van der Waals surface area contributed by atoms with Crippen LogP contribution in [-0.2, 0) is 6.18 Å². The second kappa shape index (κ2) is 6.16. The lowest BCUT2D eigenvalue weighted by molar-refractivity contribution is -0.138. The van der Waals surface area contributed by atoms with Crippen LogP contribution in [0, 0.1) is 0 Å². The van der Waals surface area contributed by atoms with Gasteiger partial charge in [-0.15, -0.1) is 0 Å². The maximum atomic E-state index is 13.0. The lowest BCUT2D eigenvalue weighted by Crippen LogP contribution is -2.15. The molecule has 2 aromatic rings. The van der Waals surface area contributed by atoms with Crippen LogP contribution in [0.2, 0.25) is 0 Å². The number of thiazole rings is 1. The molecule has 0 radical (unpaired) electrons. The van der Waals surface area contributed by atoms with Crippen LogP contribution in [0.15, 0.2) is 24.3 Å². The van der Waals surface area contributed by atoms with E-state index in [0.29, 0.717) is 10.0 Å². The summed E-state index contributed by atoms with van der Waals surface area (Å²) >= 11 is 1.25. The molecule has 0 aliphatic rings. The summed E-state index contributed by atoms with van der Waals surface area (Å²) in [4.78, 5) is 4.68. The summed E-state index contributed by atoms with van der Waals surface area (Å²) in [6.07, 6.45) is -4.40. The maximum Gasteiger partial charge on any atom is 0.416 e. The minimum absolute atomic E-state index is 0.0705. The minimum Gasteiger partial charge on any atom is -0.492 e. The van der Waals surface area contributed by atoms with E-state index < -0.39 is 17.8 Å². The first-order chi connectivity index (χ1) is 10.2. The van der Waals surface area contributed by atoms with Crippen molar-refractivity contribution >= 4 is 16.5 Å². The molecule has 2 N–H and O–H groups in total. The number of nitrogens with zero attached hydrogens (tertiary/aromatic N) is 1. The molecule has 1 aromatic heterocycles. The highest BCUT2D eigenvalue weighted by molar-refractivity contribution is 7.16. The second-order valence-electron chi connectivity index (χ2n) is 5.31. The summed E-state index contributed by atoms with van der Waals surface area (Å²) in [5, 5.41) is 13.1. The quantitative estimate of drug-likeness (QED) is 0.813. The lowest BCUT2D eigenvalue weighted by atomic mass is 10.0. The Bertz CT molecular complexity index is 652. The molecule has 0 saturated carbocycles. The van der Waals surface area contributed by atoms with Crippen molar-refractivity contribution < 1.29 is 18.3 Å². The van der Waals surface area contributed by atoms with E-state index >= 15 is 0 Å². The third-order valence-corrected chi connectivity index (χ3v) is 4.51. The Morgan fingerprint density at radius 1 is 1.18 bits per heavy atom. The highest BCUT2D eigenvalue weighted by Crippen LogP contribution is 2.38.